The summed E-state index contributed by atoms with van der Waals surface area (Å²) in [5.41, 5.74) is 6.11. The van der Waals surface area contributed by atoms with Crippen LogP contribution in [0.4, 0.5) is 11.4 Å². The number of ether oxygens (including phenoxy) is 1. The van der Waals surface area contributed by atoms with Gasteiger partial charge in [0.25, 0.3) is 0 Å². The normalized spacial score (nSPS) is 18.8. The van der Waals surface area contributed by atoms with Gasteiger partial charge in [0.1, 0.15) is 0 Å². The van der Waals surface area contributed by atoms with Crippen LogP contribution >= 0.6 is 0 Å². The zero-order valence-corrected chi connectivity index (χ0v) is 15.3. The first kappa shape index (κ1) is 17.1. The summed E-state index contributed by atoms with van der Waals surface area (Å²) in [5.74, 6) is 0.0612. The van der Waals surface area contributed by atoms with Crippen molar-refractivity contribution < 1.29 is 9.53 Å². The number of nitrogens with one attached hydrogen (secondary N) is 1. The molecule has 136 valence electrons. The molecule has 4 heteroatoms. The van der Waals surface area contributed by atoms with E-state index in [1.54, 1.807) is 0 Å². The standard InChI is InChI=1S/C22H26N2O2/c1-2-22(25)23-19-9-10-20-18(14-19)11-12-24(20)15-16-5-7-17(8-6-16)21-4-3-13-26-21/h5-10,14,21H,2-4,11-13,15H2,1H3,(H,23,25). The van der Waals surface area contributed by atoms with Gasteiger partial charge < -0.3 is 15.0 Å². The summed E-state index contributed by atoms with van der Waals surface area (Å²) in [6, 6.07) is 15.1. The first-order valence-corrected chi connectivity index (χ1v) is 9.61. The van der Waals surface area contributed by atoms with E-state index in [1.807, 2.05) is 13.0 Å². The lowest BCUT2D eigenvalue weighted by Crippen LogP contribution is -2.19. The minimum atomic E-state index is 0.0612. The van der Waals surface area contributed by atoms with Crippen LogP contribution in [0.1, 0.15) is 49.0 Å². The van der Waals surface area contributed by atoms with E-state index in [-0.39, 0.29) is 12.0 Å². The molecule has 1 atom stereocenters. The highest BCUT2D eigenvalue weighted by atomic mass is 16.5. The molecule has 26 heavy (non-hydrogen) atoms. The molecule has 2 heterocycles. The quantitative estimate of drug-likeness (QED) is 0.866. The van der Waals surface area contributed by atoms with Crippen LogP contribution < -0.4 is 10.2 Å². The second-order valence-corrected chi connectivity index (χ2v) is 7.16. The van der Waals surface area contributed by atoms with Gasteiger partial charge in [0.05, 0.1) is 6.10 Å². The molecule has 0 saturated carbocycles. The molecular weight excluding hydrogens is 324 g/mol. The van der Waals surface area contributed by atoms with Crippen molar-refractivity contribution in [2.75, 3.05) is 23.4 Å². The largest absolute Gasteiger partial charge is 0.374 e. The van der Waals surface area contributed by atoms with Crippen LogP contribution in [-0.4, -0.2) is 19.1 Å². The molecule has 0 aliphatic carbocycles. The Morgan fingerprint density at radius 2 is 2.08 bits per heavy atom. The van der Waals surface area contributed by atoms with Crippen molar-refractivity contribution in [2.45, 2.75) is 45.3 Å². The summed E-state index contributed by atoms with van der Waals surface area (Å²) in [6.07, 6.45) is 4.12. The Morgan fingerprint density at radius 1 is 1.23 bits per heavy atom. The van der Waals surface area contributed by atoms with E-state index in [1.165, 1.54) is 22.4 Å². The number of carbonyl (C=O) groups is 1. The van der Waals surface area contributed by atoms with Crippen molar-refractivity contribution in [1.29, 1.82) is 0 Å². The predicted octanol–water partition coefficient (Wildman–Crippen LogP) is 4.45. The molecule has 0 bridgehead atoms. The van der Waals surface area contributed by atoms with Crippen molar-refractivity contribution >= 4 is 17.3 Å². The number of fused-ring (bicyclic) bond motifs is 1. The molecule has 2 aliphatic rings. The molecule has 2 aromatic rings. The fourth-order valence-corrected chi connectivity index (χ4v) is 3.86. The summed E-state index contributed by atoms with van der Waals surface area (Å²) >= 11 is 0. The maximum absolute atomic E-state index is 11.6. The number of rotatable bonds is 5. The zero-order chi connectivity index (χ0) is 17.9. The SMILES string of the molecule is CCC(=O)Nc1ccc2c(c1)CCN2Cc1ccc(C2CCCO2)cc1. The summed E-state index contributed by atoms with van der Waals surface area (Å²) < 4.78 is 5.77. The third kappa shape index (κ3) is 3.61. The number of carbonyl (C=O) groups excluding carboxylic acids is 1. The third-order valence-corrected chi connectivity index (χ3v) is 5.33. The number of anilines is 2. The molecule has 1 N–H and O–H groups in total. The monoisotopic (exact) mass is 350 g/mol. The maximum atomic E-state index is 11.6. The molecule has 4 rings (SSSR count). The van der Waals surface area contributed by atoms with Crippen LogP contribution in [0.25, 0.3) is 0 Å². The van der Waals surface area contributed by atoms with Gasteiger partial charge in [-0.25, -0.2) is 0 Å². The van der Waals surface area contributed by atoms with Crippen molar-refractivity contribution in [3.8, 4) is 0 Å². The molecular formula is C22H26N2O2. The number of benzene rings is 2. The summed E-state index contributed by atoms with van der Waals surface area (Å²) in [5, 5.41) is 2.95. The average Bonchev–Trinajstić information content (AvgIpc) is 3.33. The molecule has 1 unspecified atom stereocenters. The summed E-state index contributed by atoms with van der Waals surface area (Å²) in [6.45, 7) is 4.69. The maximum Gasteiger partial charge on any atom is 0.224 e. The number of nitrogens with zero attached hydrogens (tertiary/aromatic N) is 1. The van der Waals surface area contributed by atoms with Gasteiger partial charge in [0, 0.05) is 37.5 Å². The van der Waals surface area contributed by atoms with E-state index in [0.29, 0.717) is 6.42 Å². The fourth-order valence-electron chi connectivity index (χ4n) is 3.86. The number of hydrogen-bond acceptors (Lipinski definition) is 3. The van der Waals surface area contributed by atoms with Crippen LogP contribution in [0.5, 0.6) is 0 Å². The third-order valence-electron chi connectivity index (χ3n) is 5.33. The van der Waals surface area contributed by atoms with Gasteiger partial charge in [0.15, 0.2) is 0 Å². The van der Waals surface area contributed by atoms with Crippen molar-refractivity contribution in [1.82, 2.24) is 0 Å². The topological polar surface area (TPSA) is 41.6 Å². The van der Waals surface area contributed by atoms with Crippen molar-refractivity contribution in [3.63, 3.8) is 0 Å². The Kier molecular flexibility index (Phi) is 4.93. The Morgan fingerprint density at radius 3 is 2.81 bits per heavy atom. The Balaban J connectivity index is 1.43. The van der Waals surface area contributed by atoms with Crippen LogP contribution in [0.15, 0.2) is 42.5 Å². The molecule has 1 fully saturated rings. The van der Waals surface area contributed by atoms with Crippen molar-refractivity contribution in [3.05, 3.63) is 59.2 Å². The minimum absolute atomic E-state index is 0.0612. The molecule has 4 nitrogen and oxygen atoms in total. The van der Waals surface area contributed by atoms with Gasteiger partial charge in [-0.1, -0.05) is 31.2 Å². The van der Waals surface area contributed by atoms with Crippen molar-refractivity contribution in [2.24, 2.45) is 0 Å². The average molecular weight is 350 g/mol. The highest BCUT2D eigenvalue weighted by Crippen LogP contribution is 2.32. The van der Waals surface area contributed by atoms with Crippen LogP contribution in [0, 0.1) is 0 Å². The molecule has 1 saturated heterocycles. The highest BCUT2D eigenvalue weighted by molar-refractivity contribution is 5.91. The Bertz CT molecular complexity index is 779. The number of hydrogen-bond donors (Lipinski definition) is 1. The van der Waals surface area contributed by atoms with Crippen LogP contribution in [-0.2, 0) is 22.5 Å². The van der Waals surface area contributed by atoms with E-state index in [0.717, 1.165) is 44.6 Å². The zero-order valence-electron chi connectivity index (χ0n) is 15.3. The van der Waals surface area contributed by atoms with E-state index >= 15 is 0 Å². The highest BCUT2D eigenvalue weighted by Gasteiger charge is 2.21. The van der Waals surface area contributed by atoms with Gasteiger partial charge in [-0.15, -0.1) is 0 Å². The molecule has 0 aromatic heterocycles. The minimum Gasteiger partial charge on any atom is -0.374 e. The number of amides is 1. The first-order chi connectivity index (χ1) is 12.7. The van der Waals surface area contributed by atoms with Gasteiger partial charge in [-0.05, 0) is 54.2 Å². The molecule has 0 radical (unpaired) electrons. The lowest BCUT2D eigenvalue weighted by atomic mass is 10.0. The van der Waals surface area contributed by atoms with Gasteiger partial charge in [-0.2, -0.15) is 0 Å². The fraction of sp³-hybridized carbons (Fsp3) is 0.409. The van der Waals surface area contributed by atoms with Crippen LogP contribution in [0.3, 0.4) is 0 Å². The van der Waals surface area contributed by atoms with E-state index in [4.69, 9.17) is 4.74 Å². The second kappa shape index (κ2) is 7.50. The Labute approximate surface area is 155 Å². The van der Waals surface area contributed by atoms with E-state index in [9.17, 15) is 4.79 Å². The predicted molar refractivity (Wildman–Crippen MR) is 104 cm³/mol. The summed E-state index contributed by atoms with van der Waals surface area (Å²) in [7, 11) is 0. The van der Waals surface area contributed by atoms with Gasteiger partial charge >= 0.3 is 0 Å². The molecule has 0 spiro atoms. The lowest BCUT2D eigenvalue weighted by molar-refractivity contribution is -0.115. The van der Waals surface area contributed by atoms with Gasteiger partial charge in [0.2, 0.25) is 5.91 Å². The van der Waals surface area contributed by atoms with Gasteiger partial charge in [-0.3, -0.25) is 4.79 Å². The smallest absolute Gasteiger partial charge is 0.224 e. The van der Waals surface area contributed by atoms with E-state index in [2.05, 4.69) is 46.6 Å². The van der Waals surface area contributed by atoms with E-state index < -0.39 is 0 Å². The van der Waals surface area contributed by atoms with Crippen LogP contribution in [0.2, 0.25) is 0 Å². The second-order valence-electron chi connectivity index (χ2n) is 7.16. The lowest BCUT2D eigenvalue weighted by Gasteiger charge is -2.20. The first-order valence-electron chi connectivity index (χ1n) is 9.61. The molecule has 1 amide bonds. The molecule has 2 aromatic carbocycles. The summed E-state index contributed by atoms with van der Waals surface area (Å²) in [4.78, 5) is 14.0. The molecule has 2 aliphatic heterocycles. The Hall–Kier alpha value is -2.33.